The highest BCUT2D eigenvalue weighted by molar-refractivity contribution is 5.81. The number of carbonyl (C=O) groups is 1. The molecule has 6 heteroatoms. The van der Waals surface area contributed by atoms with Crippen molar-refractivity contribution in [2.24, 2.45) is 0 Å². The molecule has 0 bridgehead atoms. The van der Waals surface area contributed by atoms with Crippen molar-refractivity contribution in [3.05, 3.63) is 76.9 Å². The Morgan fingerprint density at radius 3 is 2.62 bits per heavy atom. The maximum atomic E-state index is 13.0. The van der Waals surface area contributed by atoms with Crippen molar-refractivity contribution in [2.75, 3.05) is 0 Å². The molecule has 4 rings (SSSR count). The molecule has 132 valence electrons. The fraction of sp³-hybridized carbons (Fsp3) is 0.300. The molecule has 0 fully saturated rings. The van der Waals surface area contributed by atoms with Gasteiger partial charge in [0.1, 0.15) is 11.6 Å². The molecule has 0 saturated heterocycles. The van der Waals surface area contributed by atoms with Crippen LogP contribution in [0.2, 0.25) is 0 Å². The van der Waals surface area contributed by atoms with Gasteiger partial charge >= 0.3 is 0 Å². The van der Waals surface area contributed by atoms with Crippen LogP contribution in [0.15, 0.2) is 48.5 Å². The van der Waals surface area contributed by atoms with Gasteiger partial charge in [-0.15, -0.1) is 5.10 Å². The largest absolute Gasteiger partial charge is 0.299 e. The van der Waals surface area contributed by atoms with Gasteiger partial charge in [0.05, 0.1) is 6.54 Å². The van der Waals surface area contributed by atoms with Crippen LogP contribution in [0.25, 0.3) is 0 Å². The summed E-state index contributed by atoms with van der Waals surface area (Å²) in [4.78, 5) is 12.6. The molecular formula is C20H19FN4O. The zero-order chi connectivity index (χ0) is 18.1. The van der Waals surface area contributed by atoms with Gasteiger partial charge in [-0.3, -0.25) is 4.79 Å². The van der Waals surface area contributed by atoms with Crippen molar-refractivity contribution in [1.82, 2.24) is 20.2 Å². The molecule has 0 N–H and O–H groups in total. The molecule has 1 aliphatic rings. The quantitative estimate of drug-likeness (QED) is 0.709. The van der Waals surface area contributed by atoms with E-state index in [0.717, 1.165) is 11.4 Å². The van der Waals surface area contributed by atoms with Crippen LogP contribution in [0, 0.1) is 12.7 Å². The monoisotopic (exact) mass is 350 g/mol. The summed E-state index contributed by atoms with van der Waals surface area (Å²) in [7, 11) is 0. The fourth-order valence-electron chi connectivity index (χ4n) is 3.63. The van der Waals surface area contributed by atoms with Gasteiger partial charge in [0.25, 0.3) is 0 Å². The Labute approximate surface area is 150 Å². The number of hydrogen-bond donors (Lipinski definition) is 0. The van der Waals surface area contributed by atoms with E-state index in [9.17, 15) is 9.18 Å². The smallest absolute Gasteiger partial charge is 0.155 e. The first-order valence-electron chi connectivity index (χ1n) is 8.69. The summed E-state index contributed by atoms with van der Waals surface area (Å²) in [6.07, 6.45) is 0.662. The molecule has 0 unspecified atom stereocenters. The maximum Gasteiger partial charge on any atom is 0.155 e. The SMILES string of the molecule is Cc1ccc([C@@H]2Cn3nnnc3[C@H]2CC(=O)Cc2ccc(F)cc2)cc1. The number of carbonyl (C=O) groups excluding carboxylic acids is 1. The molecule has 0 saturated carbocycles. The molecule has 1 aromatic heterocycles. The second-order valence-electron chi connectivity index (χ2n) is 6.89. The van der Waals surface area contributed by atoms with Crippen molar-refractivity contribution < 1.29 is 9.18 Å². The third kappa shape index (κ3) is 3.27. The van der Waals surface area contributed by atoms with Crippen LogP contribution >= 0.6 is 0 Å². The second kappa shape index (κ2) is 6.78. The number of nitrogens with zero attached hydrogens (tertiary/aromatic N) is 4. The lowest BCUT2D eigenvalue weighted by atomic mass is 9.83. The van der Waals surface area contributed by atoms with Crippen LogP contribution in [0.1, 0.15) is 40.8 Å². The van der Waals surface area contributed by atoms with Gasteiger partial charge in [-0.2, -0.15) is 0 Å². The number of halogens is 1. The highest BCUT2D eigenvalue weighted by Crippen LogP contribution is 2.41. The Bertz CT molecular complexity index is 918. The first-order chi connectivity index (χ1) is 12.6. The maximum absolute atomic E-state index is 13.0. The van der Waals surface area contributed by atoms with Crippen LogP contribution in [0.3, 0.4) is 0 Å². The number of benzene rings is 2. The van der Waals surface area contributed by atoms with E-state index in [1.807, 2.05) is 0 Å². The lowest BCUT2D eigenvalue weighted by Crippen LogP contribution is -2.14. The molecule has 0 spiro atoms. The normalized spacial score (nSPS) is 18.7. The Balaban J connectivity index is 1.54. The zero-order valence-corrected chi connectivity index (χ0v) is 14.5. The Morgan fingerprint density at radius 2 is 1.88 bits per heavy atom. The van der Waals surface area contributed by atoms with Gasteiger partial charge in [-0.05, 0) is 40.6 Å². The van der Waals surface area contributed by atoms with E-state index in [-0.39, 0.29) is 23.4 Å². The number of aryl methyl sites for hydroxylation is 1. The Hall–Kier alpha value is -2.89. The minimum Gasteiger partial charge on any atom is -0.299 e. The van der Waals surface area contributed by atoms with Crippen molar-refractivity contribution in [1.29, 1.82) is 0 Å². The van der Waals surface area contributed by atoms with Crippen molar-refractivity contribution in [3.8, 4) is 0 Å². The number of ketones is 1. The van der Waals surface area contributed by atoms with E-state index in [2.05, 4.69) is 46.7 Å². The third-order valence-electron chi connectivity index (χ3n) is 5.01. The van der Waals surface area contributed by atoms with Gasteiger partial charge in [-0.25, -0.2) is 9.07 Å². The fourth-order valence-corrected chi connectivity index (χ4v) is 3.63. The van der Waals surface area contributed by atoms with Crippen LogP contribution in [0.4, 0.5) is 4.39 Å². The molecule has 0 radical (unpaired) electrons. The zero-order valence-electron chi connectivity index (χ0n) is 14.5. The molecule has 3 aromatic rings. The molecule has 0 aliphatic carbocycles. The number of hydrogen-bond acceptors (Lipinski definition) is 4. The highest BCUT2D eigenvalue weighted by Gasteiger charge is 2.37. The average molecular weight is 350 g/mol. The van der Waals surface area contributed by atoms with Crippen LogP contribution in [-0.2, 0) is 17.8 Å². The summed E-state index contributed by atoms with van der Waals surface area (Å²) in [5.74, 6) is 0.695. The molecule has 5 nitrogen and oxygen atoms in total. The molecule has 2 heterocycles. The summed E-state index contributed by atoms with van der Waals surface area (Å²) in [6, 6.07) is 14.5. The summed E-state index contributed by atoms with van der Waals surface area (Å²) in [5, 5.41) is 11.9. The lowest BCUT2D eigenvalue weighted by Gasteiger charge is -2.18. The number of rotatable bonds is 5. The Kier molecular flexibility index (Phi) is 4.32. The predicted octanol–water partition coefficient (Wildman–Crippen LogP) is 3.20. The number of aromatic nitrogens is 4. The van der Waals surface area contributed by atoms with E-state index in [1.54, 1.807) is 16.8 Å². The number of tetrazole rings is 1. The van der Waals surface area contributed by atoms with Crippen molar-refractivity contribution >= 4 is 5.78 Å². The summed E-state index contributed by atoms with van der Waals surface area (Å²) in [5.41, 5.74) is 3.21. The molecule has 2 aromatic carbocycles. The van der Waals surface area contributed by atoms with Crippen LogP contribution in [-0.4, -0.2) is 26.0 Å². The first kappa shape index (κ1) is 16.6. The van der Waals surface area contributed by atoms with E-state index in [4.69, 9.17) is 0 Å². The minimum absolute atomic E-state index is 0.0411. The van der Waals surface area contributed by atoms with E-state index < -0.39 is 0 Å². The predicted molar refractivity (Wildman–Crippen MR) is 94.2 cm³/mol. The number of Topliss-reactive ketones (excluding diaryl/α,β-unsaturated/α-hetero) is 1. The van der Waals surface area contributed by atoms with Gasteiger partial charge < -0.3 is 0 Å². The Morgan fingerprint density at radius 1 is 1.15 bits per heavy atom. The molecule has 0 amide bonds. The van der Waals surface area contributed by atoms with Gasteiger partial charge in [0, 0.05) is 24.7 Å². The summed E-state index contributed by atoms with van der Waals surface area (Å²) in [6.45, 7) is 2.73. The average Bonchev–Trinajstić information content (AvgIpc) is 3.21. The second-order valence-corrected chi connectivity index (χ2v) is 6.89. The molecule has 26 heavy (non-hydrogen) atoms. The van der Waals surface area contributed by atoms with Crippen LogP contribution in [0.5, 0.6) is 0 Å². The topological polar surface area (TPSA) is 60.7 Å². The molecule has 1 aliphatic heterocycles. The number of fused-ring (bicyclic) bond motifs is 1. The van der Waals surface area contributed by atoms with Crippen molar-refractivity contribution in [3.63, 3.8) is 0 Å². The summed E-state index contributed by atoms with van der Waals surface area (Å²) < 4.78 is 14.8. The van der Waals surface area contributed by atoms with E-state index >= 15 is 0 Å². The van der Waals surface area contributed by atoms with E-state index in [0.29, 0.717) is 19.4 Å². The van der Waals surface area contributed by atoms with E-state index in [1.165, 1.54) is 23.3 Å². The first-order valence-corrected chi connectivity index (χ1v) is 8.69. The highest BCUT2D eigenvalue weighted by atomic mass is 19.1. The van der Waals surface area contributed by atoms with Gasteiger partial charge in [-0.1, -0.05) is 42.0 Å². The minimum atomic E-state index is -0.296. The van der Waals surface area contributed by atoms with Crippen molar-refractivity contribution in [2.45, 2.75) is 38.1 Å². The van der Waals surface area contributed by atoms with Crippen LogP contribution < -0.4 is 0 Å². The van der Waals surface area contributed by atoms with Gasteiger partial charge in [0.15, 0.2) is 5.82 Å². The standard InChI is InChI=1S/C20H19FN4O/c1-13-2-6-15(7-3-13)19-12-25-20(22-23-24-25)18(19)11-17(26)10-14-4-8-16(21)9-5-14/h2-9,18-19H,10-12H2,1H3/t18-,19-/m0/s1. The van der Waals surface area contributed by atoms with Gasteiger partial charge in [0.2, 0.25) is 0 Å². The molecule has 2 atom stereocenters. The molecular weight excluding hydrogens is 331 g/mol. The summed E-state index contributed by atoms with van der Waals surface area (Å²) >= 11 is 0. The lowest BCUT2D eigenvalue weighted by molar-refractivity contribution is -0.118. The third-order valence-corrected chi connectivity index (χ3v) is 5.01.